The lowest BCUT2D eigenvalue weighted by atomic mass is 10.0. The number of halogens is 1. The molecule has 0 unspecified atom stereocenters. The SMILES string of the molecule is Cn1c(-c2c3c(nc4ccc(F)cc24)CCC3)n[nH]c1=S. The van der Waals surface area contributed by atoms with Gasteiger partial charge in [0.1, 0.15) is 5.82 Å². The fourth-order valence-electron chi connectivity index (χ4n) is 3.06. The van der Waals surface area contributed by atoms with Gasteiger partial charge in [-0.3, -0.25) is 10.1 Å². The maximum absolute atomic E-state index is 13.7. The van der Waals surface area contributed by atoms with Gasteiger partial charge in [0.15, 0.2) is 10.6 Å². The van der Waals surface area contributed by atoms with Gasteiger partial charge in [0, 0.05) is 23.7 Å². The molecule has 0 atom stereocenters. The van der Waals surface area contributed by atoms with E-state index in [1.54, 1.807) is 6.07 Å². The fourth-order valence-corrected chi connectivity index (χ4v) is 3.19. The van der Waals surface area contributed by atoms with Gasteiger partial charge < -0.3 is 4.57 Å². The molecule has 6 heteroatoms. The lowest BCUT2D eigenvalue weighted by molar-refractivity contribution is 0.629. The molecule has 2 aromatic heterocycles. The van der Waals surface area contributed by atoms with Gasteiger partial charge in [-0.15, -0.1) is 0 Å². The summed E-state index contributed by atoms with van der Waals surface area (Å²) in [4.78, 5) is 4.68. The number of hydrogen-bond donors (Lipinski definition) is 1. The summed E-state index contributed by atoms with van der Waals surface area (Å²) in [5.74, 6) is 0.483. The summed E-state index contributed by atoms with van der Waals surface area (Å²) in [7, 11) is 1.87. The third kappa shape index (κ3) is 1.82. The second-order valence-electron chi connectivity index (χ2n) is 5.34. The number of aryl methyl sites for hydroxylation is 1. The van der Waals surface area contributed by atoms with Crippen LogP contribution in [0, 0.1) is 10.6 Å². The Morgan fingerprint density at radius 3 is 2.95 bits per heavy atom. The van der Waals surface area contributed by atoms with Crippen molar-refractivity contribution < 1.29 is 4.39 Å². The second-order valence-corrected chi connectivity index (χ2v) is 5.73. The number of nitrogens with one attached hydrogen (secondary N) is 1. The van der Waals surface area contributed by atoms with Crippen molar-refractivity contribution in [1.29, 1.82) is 0 Å². The molecule has 0 amide bonds. The van der Waals surface area contributed by atoms with Gasteiger partial charge in [0.05, 0.1) is 5.52 Å². The number of H-pyrrole nitrogens is 1. The summed E-state index contributed by atoms with van der Waals surface area (Å²) >= 11 is 5.21. The smallest absolute Gasteiger partial charge is 0.195 e. The van der Waals surface area contributed by atoms with Crippen molar-refractivity contribution in [1.82, 2.24) is 19.7 Å². The molecule has 1 aliphatic carbocycles. The molecular weight excluding hydrogens is 287 g/mol. The van der Waals surface area contributed by atoms with E-state index in [2.05, 4.69) is 15.2 Å². The average molecular weight is 300 g/mol. The van der Waals surface area contributed by atoms with E-state index in [-0.39, 0.29) is 5.82 Å². The van der Waals surface area contributed by atoms with Gasteiger partial charge in [0.2, 0.25) is 0 Å². The minimum Gasteiger partial charge on any atom is -0.303 e. The van der Waals surface area contributed by atoms with Crippen molar-refractivity contribution in [2.75, 3.05) is 0 Å². The van der Waals surface area contributed by atoms with E-state index in [1.165, 1.54) is 17.7 Å². The summed E-state index contributed by atoms with van der Waals surface area (Å²) in [5, 5.41) is 7.94. The number of hydrogen-bond acceptors (Lipinski definition) is 3. The maximum Gasteiger partial charge on any atom is 0.195 e. The molecule has 0 aliphatic heterocycles. The van der Waals surface area contributed by atoms with Crippen LogP contribution in [-0.2, 0) is 19.9 Å². The Morgan fingerprint density at radius 1 is 1.33 bits per heavy atom. The Kier molecular flexibility index (Phi) is 2.68. The molecule has 0 fully saturated rings. The van der Waals surface area contributed by atoms with E-state index < -0.39 is 0 Å². The van der Waals surface area contributed by atoms with Gasteiger partial charge in [0.25, 0.3) is 0 Å². The topological polar surface area (TPSA) is 46.5 Å². The van der Waals surface area contributed by atoms with Crippen molar-refractivity contribution in [3.63, 3.8) is 0 Å². The van der Waals surface area contributed by atoms with Crippen molar-refractivity contribution in [2.24, 2.45) is 7.05 Å². The first-order valence-corrected chi connectivity index (χ1v) is 7.29. The molecule has 0 saturated carbocycles. The molecule has 1 N–H and O–H groups in total. The molecule has 0 radical (unpaired) electrons. The van der Waals surface area contributed by atoms with E-state index in [4.69, 9.17) is 12.2 Å². The number of fused-ring (bicyclic) bond motifs is 2. The van der Waals surface area contributed by atoms with Crippen LogP contribution in [0.2, 0.25) is 0 Å². The molecule has 2 heterocycles. The molecule has 4 nitrogen and oxygen atoms in total. The quantitative estimate of drug-likeness (QED) is 0.701. The third-order valence-corrected chi connectivity index (χ3v) is 4.44. The van der Waals surface area contributed by atoms with Gasteiger partial charge in [-0.2, -0.15) is 5.10 Å². The Balaban J connectivity index is 2.17. The number of rotatable bonds is 1. The first-order chi connectivity index (χ1) is 10.1. The van der Waals surface area contributed by atoms with Crippen LogP contribution in [0.3, 0.4) is 0 Å². The highest BCUT2D eigenvalue weighted by Gasteiger charge is 2.23. The second kappa shape index (κ2) is 4.46. The molecule has 3 aromatic rings. The Labute approximate surface area is 125 Å². The number of aromatic amines is 1. The Morgan fingerprint density at radius 2 is 2.19 bits per heavy atom. The summed E-state index contributed by atoms with van der Waals surface area (Å²) in [5.41, 5.74) is 4.03. The highest BCUT2D eigenvalue weighted by Crippen LogP contribution is 2.36. The molecule has 1 aliphatic rings. The minimum atomic E-state index is -0.264. The van der Waals surface area contributed by atoms with Crippen molar-refractivity contribution in [3.8, 4) is 11.4 Å². The van der Waals surface area contributed by atoms with Crippen LogP contribution >= 0.6 is 12.2 Å². The van der Waals surface area contributed by atoms with Gasteiger partial charge >= 0.3 is 0 Å². The number of pyridine rings is 1. The first-order valence-electron chi connectivity index (χ1n) is 6.88. The summed E-state index contributed by atoms with van der Waals surface area (Å²) in [6, 6.07) is 4.71. The molecular formula is C15H13FN4S. The predicted octanol–water partition coefficient (Wildman–Crippen LogP) is 3.32. The zero-order chi connectivity index (χ0) is 14.6. The molecule has 0 bridgehead atoms. The van der Waals surface area contributed by atoms with E-state index in [9.17, 15) is 4.39 Å². The van der Waals surface area contributed by atoms with Crippen LogP contribution in [0.15, 0.2) is 18.2 Å². The van der Waals surface area contributed by atoms with Crippen molar-refractivity contribution in [3.05, 3.63) is 40.0 Å². The zero-order valence-electron chi connectivity index (χ0n) is 11.5. The average Bonchev–Trinajstić information content (AvgIpc) is 3.05. The standard InChI is InChI=1S/C15H13FN4S/c1-20-14(18-19-15(20)21)13-9-3-2-4-11(9)17-12-6-5-8(16)7-10(12)13/h5-7H,2-4H2,1H3,(H,19,21). The zero-order valence-corrected chi connectivity index (χ0v) is 12.3. The maximum atomic E-state index is 13.7. The van der Waals surface area contributed by atoms with E-state index in [1.807, 2.05) is 11.6 Å². The van der Waals surface area contributed by atoms with E-state index in [0.717, 1.165) is 47.2 Å². The number of nitrogens with zero attached hydrogens (tertiary/aromatic N) is 3. The normalized spacial score (nSPS) is 13.8. The molecule has 4 rings (SSSR count). The molecule has 1 aromatic carbocycles. The van der Waals surface area contributed by atoms with Gasteiger partial charge in [-0.1, -0.05) is 0 Å². The van der Waals surface area contributed by atoms with Crippen LogP contribution in [0.5, 0.6) is 0 Å². The van der Waals surface area contributed by atoms with Gasteiger partial charge in [-0.05, 0) is 55.2 Å². The highest BCUT2D eigenvalue weighted by atomic mass is 32.1. The summed E-state index contributed by atoms with van der Waals surface area (Å²) in [6.07, 6.45) is 2.98. The first kappa shape index (κ1) is 12.6. The van der Waals surface area contributed by atoms with Crippen LogP contribution in [0.4, 0.5) is 4.39 Å². The van der Waals surface area contributed by atoms with Crippen LogP contribution in [-0.4, -0.2) is 19.7 Å². The lowest BCUT2D eigenvalue weighted by Crippen LogP contribution is -2.00. The van der Waals surface area contributed by atoms with Crippen LogP contribution in [0.1, 0.15) is 17.7 Å². The van der Waals surface area contributed by atoms with Gasteiger partial charge in [-0.25, -0.2) is 4.39 Å². The van der Waals surface area contributed by atoms with Crippen LogP contribution < -0.4 is 0 Å². The lowest BCUT2D eigenvalue weighted by Gasteiger charge is -2.11. The Hall–Kier alpha value is -2.08. The van der Waals surface area contributed by atoms with E-state index in [0.29, 0.717) is 4.77 Å². The fraction of sp³-hybridized carbons (Fsp3) is 0.267. The highest BCUT2D eigenvalue weighted by molar-refractivity contribution is 7.71. The predicted molar refractivity (Wildman–Crippen MR) is 81.1 cm³/mol. The summed E-state index contributed by atoms with van der Waals surface area (Å²) in [6.45, 7) is 0. The number of benzene rings is 1. The summed E-state index contributed by atoms with van der Waals surface area (Å²) < 4.78 is 16.1. The molecule has 0 spiro atoms. The van der Waals surface area contributed by atoms with E-state index >= 15 is 0 Å². The number of aromatic nitrogens is 4. The largest absolute Gasteiger partial charge is 0.303 e. The Bertz CT molecular complexity index is 925. The minimum absolute atomic E-state index is 0.264. The van der Waals surface area contributed by atoms with Crippen molar-refractivity contribution in [2.45, 2.75) is 19.3 Å². The monoisotopic (exact) mass is 300 g/mol. The van der Waals surface area contributed by atoms with Crippen LogP contribution in [0.25, 0.3) is 22.3 Å². The third-order valence-electron chi connectivity index (χ3n) is 4.08. The van der Waals surface area contributed by atoms with Crippen molar-refractivity contribution >= 4 is 23.1 Å². The molecule has 106 valence electrons. The molecule has 21 heavy (non-hydrogen) atoms. The molecule has 0 saturated heterocycles.